The van der Waals surface area contributed by atoms with Crippen molar-refractivity contribution < 1.29 is 10.2 Å². The third-order valence-corrected chi connectivity index (χ3v) is 3.25. The van der Waals surface area contributed by atoms with Crippen molar-refractivity contribution in [2.45, 2.75) is 59.0 Å². The molecule has 0 aromatic carbocycles. The van der Waals surface area contributed by atoms with Crippen LogP contribution in [0.25, 0.3) is 0 Å². The lowest BCUT2D eigenvalue weighted by atomic mass is 9.80. The zero-order valence-corrected chi connectivity index (χ0v) is 9.87. The first-order valence-corrected chi connectivity index (χ1v) is 6.00. The van der Waals surface area contributed by atoms with Crippen molar-refractivity contribution >= 4 is 0 Å². The molecule has 14 heavy (non-hydrogen) atoms. The Bertz CT molecular complexity index is 125. The van der Waals surface area contributed by atoms with E-state index in [1.165, 1.54) is 0 Å². The lowest BCUT2D eigenvalue weighted by Gasteiger charge is -2.29. The second-order valence-corrected chi connectivity index (χ2v) is 4.08. The minimum absolute atomic E-state index is 0.163. The third kappa shape index (κ3) is 4.43. The Labute approximate surface area is 88.3 Å². The average molecular weight is 202 g/mol. The number of rotatable bonds is 8. The van der Waals surface area contributed by atoms with Crippen molar-refractivity contribution in [3.05, 3.63) is 0 Å². The van der Waals surface area contributed by atoms with E-state index < -0.39 is 0 Å². The lowest BCUT2D eigenvalue weighted by molar-refractivity contribution is 0.0591. The van der Waals surface area contributed by atoms with E-state index in [0.29, 0.717) is 11.8 Å². The highest BCUT2D eigenvalue weighted by Crippen LogP contribution is 2.28. The van der Waals surface area contributed by atoms with Crippen LogP contribution in [-0.2, 0) is 0 Å². The molecule has 2 heteroatoms. The first-order chi connectivity index (χ1) is 6.71. The molecule has 0 aromatic heterocycles. The number of aliphatic hydroxyl groups excluding tert-OH is 2. The molecule has 0 amide bonds. The first-order valence-electron chi connectivity index (χ1n) is 6.00. The van der Waals surface area contributed by atoms with Gasteiger partial charge in [0.05, 0.1) is 6.10 Å². The van der Waals surface area contributed by atoms with E-state index in [0.717, 1.165) is 32.1 Å². The van der Waals surface area contributed by atoms with Crippen molar-refractivity contribution in [2.75, 3.05) is 6.61 Å². The summed E-state index contributed by atoms with van der Waals surface area (Å²) in [5.41, 5.74) is 0. The molecule has 0 aliphatic heterocycles. The van der Waals surface area contributed by atoms with Gasteiger partial charge in [-0.05, 0) is 31.1 Å². The number of hydrogen-bond acceptors (Lipinski definition) is 2. The average Bonchev–Trinajstić information content (AvgIpc) is 2.23. The molecule has 0 heterocycles. The van der Waals surface area contributed by atoms with Crippen LogP contribution in [0.3, 0.4) is 0 Å². The van der Waals surface area contributed by atoms with E-state index in [1.807, 2.05) is 6.92 Å². The molecular formula is C12H26O2. The predicted molar refractivity (Wildman–Crippen MR) is 60.2 cm³/mol. The molecule has 0 saturated carbocycles. The van der Waals surface area contributed by atoms with Crippen LogP contribution in [-0.4, -0.2) is 22.9 Å². The molecule has 0 radical (unpaired) electrons. The molecule has 0 rings (SSSR count). The molecule has 2 N–H and O–H groups in total. The molecule has 3 unspecified atom stereocenters. The van der Waals surface area contributed by atoms with Gasteiger partial charge in [0.25, 0.3) is 0 Å². The molecule has 2 nitrogen and oxygen atoms in total. The van der Waals surface area contributed by atoms with Crippen molar-refractivity contribution in [3.63, 3.8) is 0 Å². The smallest absolute Gasteiger partial charge is 0.0568 e. The zero-order valence-electron chi connectivity index (χ0n) is 9.87. The molecule has 0 spiro atoms. The van der Waals surface area contributed by atoms with E-state index in [2.05, 4.69) is 13.8 Å². The van der Waals surface area contributed by atoms with Crippen LogP contribution in [0.1, 0.15) is 52.9 Å². The van der Waals surface area contributed by atoms with Gasteiger partial charge in [0.15, 0.2) is 0 Å². The summed E-state index contributed by atoms with van der Waals surface area (Å²) in [4.78, 5) is 0. The maximum atomic E-state index is 9.86. The Kier molecular flexibility index (Phi) is 8.20. The van der Waals surface area contributed by atoms with Gasteiger partial charge in [-0.2, -0.15) is 0 Å². The highest BCUT2D eigenvalue weighted by Gasteiger charge is 2.23. The minimum atomic E-state index is -0.163. The monoisotopic (exact) mass is 202 g/mol. The number of hydrogen-bond donors (Lipinski definition) is 2. The number of aliphatic hydroxyl groups is 2. The molecular weight excluding hydrogens is 176 g/mol. The molecule has 0 saturated heterocycles. The fourth-order valence-corrected chi connectivity index (χ4v) is 2.30. The molecule has 0 aliphatic carbocycles. The molecule has 86 valence electrons. The van der Waals surface area contributed by atoms with E-state index in [9.17, 15) is 5.11 Å². The minimum Gasteiger partial charge on any atom is -0.396 e. The lowest BCUT2D eigenvalue weighted by Crippen LogP contribution is -2.27. The van der Waals surface area contributed by atoms with Gasteiger partial charge in [-0.15, -0.1) is 0 Å². The molecule has 0 fully saturated rings. The highest BCUT2D eigenvalue weighted by molar-refractivity contribution is 4.74. The Balaban J connectivity index is 4.13. The summed E-state index contributed by atoms with van der Waals surface area (Å²) < 4.78 is 0. The van der Waals surface area contributed by atoms with Crippen LogP contribution >= 0.6 is 0 Å². The Morgan fingerprint density at radius 3 is 2.00 bits per heavy atom. The summed E-state index contributed by atoms with van der Waals surface area (Å²) in [5.74, 6) is 0.985. The first kappa shape index (κ1) is 13.9. The molecule has 0 bridgehead atoms. The van der Waals surface area contributed by atoms with Gasteiger partial charge in [0.2, 0.25) is 0 Å². The van der Waals surface area contributed by atoms with Gasteiger partial charge in [0, 0.05) is 6.61 Å². The highest BCUT2D eigenvalue weighted by atomic mass is 16.3. The van der Waals surface area contributed by atoms with Crippen LogP contribution in [0.15, 0.2) is 0 Å². The van der Waals surface area contributed by atoms with Gasteiger partial charge in [-0.3, -0.25) is 0 Å². The van der Waals surface area contributed by atoms with Crippen molar-refractivity contribution in [1.82, 2.24) is 0 Å². The topological polar surface area (TPSA) is 40.5 Å². The van der Waals surface area contributed by atoms with Gasteiger partial charge in [-0.25, -0.2) is 0 Å². The van der Waals surface area contributed by atoms with Crippen LogP contribution < -0.4 is 0 Å². The predicted octanol–water partition coefficient (Wildman–Crippen LogP) is 2.58. The standard InChI is InChI=1S/C12H26O2/c1-4-10(8-7-9-13)11(5-2)12(14)6-3/h10-14H,4-9H2,1-3H3. The quantitative estimate of drug-likeness (QED) is 0.635. The normalized spacial score (nSPS) is 17.8. The summed E-state index contributed by atoms with van der Waals surface area (Å²) in [6.07, 6.45) is 4.74. The van der Waals surface area contributed by atoms with Crippen LogP contribution in [0, 0.1) is 11.8 Å². The largest absolute Gasteiger partial charge is 0.396 e. The Morgan fingerprint density at radius 1 is 1.00 bits per heavy atom. The van der Waals surface area contributed by atoms with Crippen LogP contribution in [0.2, 0.25) is 0 Å². The second kappa shape index (κ2) is 8.25. The van der Waals surface area contributed by atoms with Crippen LogP contribution in [0.5, 0.6) is 0 Å². The summed E-state index contributed by atoms with van der Waals surface area (Å²) >= 11 is 0. The van der Waals surface area contributed by atoms with Gasteiger partial charge in [0.1, 0.15) is 0 Å². The van der Waals surface area contributed by atoms with E-state index in [-0.39, 0.29) is 12.7 Å². The van der Waals surface area contributed by atoms with Gasteiger partial charge in [-0.1, -0.05) is 33.6 Å². The van der Waals surface area contributed by atoms with E-state index >= 15 is 0 Å². The maximum absolute atomic E-state index is 9.86. The maximum Gasteiger partial charge on any atom is 0.0568 e. The van der Waals surface area contributed by atoms with E-state index in [4.69, 9.17) is 5.11 Å². The van der Waals surface area contributed by atoms with Crippen molar-refractivity contribution in [3.8, 4) is 0 Å². The molecule has 0 aliphatic rings. The summed E-state index contributed by atoms with van der Waals surface area (Å²) in [6, 6.07) is 0. The van der Waals surface area contributed by atoms with Gasteiger partial charge >= 0.3 is 0 Å². The summed E-state index contributed by atoms with van der Waals surface area (Å²) in [6.45, 7) is 6.62. The molecule has 3 atom stereocenters. The third-order valence-electron chi connectivity index (χ3n) is 3.25. The molecule has 0 aromatic rings. The summed E-state index contributed by atoms with van der Waals surface area (Å²) in [7, 11) is 0. The Hall–Kier alpha value is -0.0800. The fraction of sp³-hybridized carbons (Fsp3) is 1.00. The second-order valence-electron chi connectivity index (χ2n) is 4.08. The SMILES string of the molecule is CCC(O)C(CC)C(CC)CCCO. The summed E-state index contributed by atoms with van der Waals surface area (Å²) in [5, 5.41) is 18.7. The van der Waals surface area contributed by atoms with Crippen LogP contribution in [0.4, 0.5) is 0 Å². The van der Waals surface area contributed by atoms with Crippen molar-refractivity contribution in [2.24, 2.45) is 11.8 Å². The Morgan fingerprint density at radius 2 is 1.64 bits per heavy atom. The zero-order chi connectivity index (χ0) is 11.0. The fourth-order valence-electron chi connectivity index (χ4n) is 2.30. The van der Waals surface area contributed by atoms with E-state index in [1.54, 1.807) is 0 Å². The van der Waals surface area contributed by atoms with Gasteiger partial charge < -0.3 is 10.2 Å². The van der Waals surface area contributed by atoms with Crippen molar-refractivity contribution in [1.29, 1.82) is 0 Å².